The zero-order valence-electron chi connectivity index (χ0n) is 13.0. The molecular formula is C16H13F3N2O4. The van der Waals surface area contributed by atoms with Gasteiger partial charge in [-0.3, -0.25) is 9.78 Å². The van der Waals surface area contributed by atoms with Crippen LogP contribution in [0.15, 0.2) is 42.6 Å². The fraction of sp³-hybridized carbons (Fsp3) is 0.188. The van der Waals surface area contributed by atoms with Gasteiger partial charge in [0.1, 0.15) is 11.4 Å². The highest BCUT2D eigenvalue weighted by Crippen LogP contribution is 2.24. The molecule has 0 aliphatic rings. The summed E-state index contributed by atoms with van der Waals surface area (Å²) in [6.45, 7) is 1.88. The lowest BCUT2D eigenvalue weighted by Gasteiger charge is -2.10. The largest absolute Gasteiger partial charge is 0.573 e. The van der Waals surface area contributed by atoms with Crippen LogP contribution in [0.3, 0.4) is 0 Å². The van der Waals surface area contributed by atoms with E-state index < -0.39 is 24.0 Å². The maximum absolute atomic E-state index is 12.1. The van der Waals surface area contributed by atoms with E-state index in [1.807, 2.05) is 0 Å². The lowest BCUT2D eigenvalue weighted by Crippen LogP contribution is -2.17. The number of aromatic nitrogens is 1. The molecule has 1 aromatic heterocycles. The highest BCUT2D eigenvalue weighted by molar-refractivity contribution is 6.03. The second-order valence-corrected chi connectivity index (χ2v) is 4.68. The number of amides is 1. The van der Waals surface area contributed by atoms with Crippen LogP contribution in [-0.2, 0) is 4.74 Å². The summed E-state index contributed by atoms with van der Waals surface area (Å²) in [5, 5.41) is 2.47. The normalized spacial score (nSPS) is 10.9. The molecular weight excluding hydrogens is 341 g/mol. The van der Waals surface area contributed by atoms with Gasteiger partial charge in [-0.05, 0) is 43.3 Å². The Morgan fingerprint density at radius 2 is 1.80 bits per heavy atom. The molecule has 0 aliphatic heterocycles. The number of anilines is 1. The molecule has 0 saturated heterocycles. The van der Waals surface area contributed by atoms with Crippen LogP contribution in [0.1, 0.15) is 27.8 Å². The first-order valence-electron chi connectivity index (χ1n) is 7.09. The summed E-state index contributed by atoms with van der Waals surface area (Å²) >= 11 is 0. The van der Waals surface area contributed by atoms with E-state index in [-0.39, 0.29) is 23.6 Å². The van der Waals surface area contributed by atoms with Crippen LogP contribution in [0.4, 0.5) is 18.9 Å². The summed E-state index contributed by atoms with van der Waals surface area (Å²) in [4.78, 5) is 27.4. The van der Waals surface area contributed by atoms with Gasteiger partial charge in [-0.25, -0.2) is 4.79 Å². The number of nitrogens with one attached hydrogen (secondary N) is 1. The Kier molecular flexibility index (Phi) is 5.58. The van der Waals surface area contributed by atoms with E-state index in [4.69, 9.17) is 4.74 Å². The molecule has 0 fully saturated rings. The van der Waals surface area contributed by atoms with Crippen molar-refractivity contribution in [1.82, 2.24) is 4.98 Å². The molecule has 6 nitrogen and oxygen atoms in total. The molecule has 25 heavy (non-hydrogen) atoms. The fourth-order valence-corrected chi connectivity index (χ4v) is 1.80. The van der Waals surface area contributed by atoms with Crippen molar-refractivity contribution < 1.29 is 32.2 Å². The molecule has 0 radical (unpaired) electrons. The molecule has 1 heterocycles. The van der Waals surface area contributed by atoms with E-state index in [1.165, 1.54) is 30.5 Å². The molecule has 1 aromatic carbocycles. The smallest absolute Gasteiger partial charge is 0.462 e. The van der Waals surface area contributed by atoms with Crippen molar-refractivity contribution in [1.29, 1.82) is 0 Å². The number of rotatable bonds is 5. The Balaban J connectivity index is 2.00. The maximum atomic E-state index is 12.1. The molecule has 0 bridgehead atoms. The van der Waals surface area contributed by atoms with Crippen molar-refractivity contribution >= 4 is 17.6 Å². The Bertz CT molecular complexity index is 743. The number of nitrogens with zero attached hydrogens (tertiary/aromatic N) is 1. The number of pyridine rings is 1. The minimum atomic E-state index is -4.78. The van der Waals surface area contributed by atoms with E-state index in [1.54, 1.807) is 6.92 Å². The van der Waals surface area contributed by atoms with E-state index in [0.29, 0.717) is 0 Å². The maximum Gasteiger partial charge on any atom is 0.573 e. The van der Waals surface area contributed by atoms with Crippen molar-refractivity contribution in [3.63, 3.8) is 0 Å². The Labute approximate surface area is 140 Å². The average molecular weight is 354 g/mol. The summed E-state index contributed by atoms with van der Waals surface area (Å²) in [5.74, 6) is -1.54. The second kappa shape index (κ2) is 7.65. The molecule has 9 heteroatoms. The third kappa shape index (κ3) is 5.48. The first-order chi connectivity index (χ1) is 11.8. The summed E-state index contributed by atoms with van der Waals surface area (Å²) in [7, 11) is 0. The van der Waals surface area contributed by atoms with E-state index in [9.17, 15) is 22.8 Å². The molecule has 0 aliphatic carbocycles. The zero-order valence-corrected chi connectivity index (χ0v) is 13.0. The number of carbonyl (C=O) groups is 2. The molecule has 2 rings (SSSR count). The quantitative estimate of drug-likeness (QED) is 0.833. The zero-order chi connectivity index (χ0) is 18.4. The molecule has 1 N–H and O–H groups in total. The molecule has 0 atom stereocenters. The van der Waals surface area contributed by atoms with Gasteiger partial charge in [0.15, 0.2) is 0 Å². The van der Waals surface area contributed by atoms with Crippen molar-refractivity contribution in [2.75, 3.05) is 11.9 Å². The van der Waals surface area contributed by atoms with Crippen LogP contribution in [0.25, 0.3) is 0 Å². The first-order valence-corrected chi connectivity index (χ1v) is 7.09. The van der Waals surface area contributed by atoms with Gasteiger partial charge in [0.2, 0.25) is 0 Å². The number of carbonyl (C=O) groups excluding carboxylic acids is 2. The molecule has 2 aromatic rings. The number of hydrogen-bond donors (Lipinski definition) is 1. The molecule has 0 unspecified atom stereocenters. The van der Waals surface area contributed by atoms with Crippen LogP contribution >= 0.6 is 0 Å². The van der Waals surface area contributed by atoms with Crippen LogP contribution in [0.2, 0.25) is 0 Å². The Morgan fingerprint density at radius 1 is 1.12 bits per heavy atom. The summed E-state index contributed by atoms with van der Waals surface area (Å²) < 4.78 is 44.8. The SMILES string of the molecule is CCOC(=O)c1ccc(C(=O)Nc2ccc(OC(F)(F)F)cc2)nc1. The van der Waals surface area contributed by atoms with Crippen molar-refractivity contribution in [2.24, 2.45) is 0 Å². The lowest BCUT2D eigenvalue weighted by molar-refractivity contribution is -0.274. The highest BCUT2D eigenvalue weighted by atomic mass is 19.4. The van der Waals surface area contributed by atoms with Crippen molar-refractivity contribution in [3.05, 3.63) is 53.9 Å². The van der Waals surface area contributed by atoms with Crippen molar-refractivity contribution in [2.45, 2.75) is 13.3 Å². The number of esters is 1. The van der Waals surface area contributed by atoms with Gasteiger partial charge >= 0.3 is 12.3 Å². The van der Waals surface area contributed by atoms with Crippen LogP contribution in [-0.4, -0.2) is 29.8 Å². The first kappa shape index (κ1) is 18.2. The standard InChI is InChI=1S/C16H13F3N2O4/c1-2-24-15(23)10-3-8-13(20-9-10)14(22)21-11-4-6-12(7-5-11)25-16(17,18)19/h3-9H,2H2,1H3,(H,21,22). The summed E-state index contributed by atoms with van der Waals surface area (Å²) in [6, 6.07) is 7.38. The molecule has 0 saturated carbocycles. The van der Waals surface area contributed by atoms with Gasteiger partial charge < -0.3 is 14.8 Å². The molecule has 1 amide bonds. The summed E-state index contributed by atoms with van der Waals surface area (Å²) in [6.07, 6.45) is -3.58. The van der Waals surface area contributed by atoms with Crippen LogP contribution in [0.5, 0.6) is 5.75 Å². The third-order valence-corrected chi connectivity index (χ3v) is 2.85. The fourth-order valence-electron chi connectivity index (χ4n) is 1.80. The number of ether oxygens (including phenoxy) is 2. The number of alkyl halides is 3. The van der Waals surface area contributed by atoms with Crippen molar-refractivity contribution in [3.8, 4) is 5.75 Å². The van der Waals surface area contributed by atoms with Gasteiger partial charge in [-0.2, -0.15) is 0 Å². The lowest BCUT2D eigenvalue weighted by atomic mass is 10.2. The second-order valence-electron chi connectivity index (χ2n) is 4.68. The number of hydrogen-bond acceptors (Lipinski definition) is 5. The van der Waals surface area contributed by atoms with Gasteiger partial charge in [0.05, 0.1) is 12.2 Å². The monoisotopic (exact) mass is 354 g/mol. The minimum absolute atomic E-state index is 0.0312. The van der Waals surface area contributed by atoms with Gasteiger partial charge in [0, 0.05) is 11.9 Å². The summed E-state index contributed by atoms with van der Waals surface area (Å²) in [5.41, 5.74) is 0.492. The number of benzene rings is 1. The number of halogens is 3. The van der Waals surface area contributed by atoms with E-state index >= 15 is 0 Å². The van der Waals surface area contributed by atoms with Crippen LogP contribution in [0, 0.1) is 0 Å². The molecule has 132 valence electrons. The molecule has 0 spiro atoms. The third-order valence-electron chi connectivity index (χ3n) is 2.85. The predicted molar refractivity (Wildman–Crippen MR) is 81.3 cm³/mol. The Morgan fingerprint density at radius 3 is 2.32 bits per heavy atom. The van der Waals surface area contributed by atoms with E-state index in [2.05, 4.69) is 15.0 Å². The topological polar surface area (TPSA) is 77.5 Å². The highest BCUT2D eigenvalue weighted by Gasteiger charge is 2.30. The average Bonchev–Trinajstić information content (AvgIpc) is 2.55. The van der Waals surface area contributed by atoms with E-state index in [0.717, 1.165) is 12.1 Å². The van der Waals surface area contributed by atoms with Gasteiger partial charge in [-0.1, -0.05) is 0 Å². The Hall–Kier alpha value is -3.10. The predicted octanol–water partition coefficient (Wildman–Crippen LogP) is 3.41. The van der Waals surface area contributed by atoms with Gasteiger partial charge in [-0.15, -0.1) is 13.2 Å². The van der Waals surface area contributed by atoms with Gasteiger partial charge in [0.25, 0.3) is 5.91 Å². The van der Waals surface area contributed by atoms with Crippen LogP contribution < -0.4 is 10.1 Å². The minimum Gasteiger partial charge on any atom is -0.462 e.